The number of hydrogen-bond donors (Lipinski definition) is 7. The van der Waals surface area contributed by atoms with E-state index in [1.165, 1.54) is 31.7 Å². The molecule has 2 unspecified atom stereocenters. The van der Waals surface area contributed by atoms with Gasteiger partial charge in [0.15, 0.2) is 12.3 Å². The van der Waals surface area contributed by atoms with Crippen molar-refractivity contribution in [1.29, 1.82) is 0 Å². The van der Waals surface area contributed by atoms with Crippen molar-refractivity contribution >= 4 is 33.4 Å². The quantitative estimate of drug-likeness (QED) is 0.0107. The predicted octanol–water partition coefficient (Wildman–Crippen LogP) is 8.05. The maximum Gasteiger partial charge on any atom is 0.481 e. The van der Waals surface area contributed by atoms with Crippen LogP contribution in [0, 0.1) is 0 Å². The largest absolute Gasteiger partial charge is 0.481 e. The average molecular weight is 1060 g/mol. The number of allylic oxidation sites excluding steroid dienone is 11. The minimum atomic E-state index is -5.51. The van der Waals surface area contributed by atoms with Gasteiger partial charge in [0, 0.05) is 19.0 Å². The van der Waals surface area contributed by atoms with Crippen LogP contribution in [0.4, 0.5) is 5.82 Å². The lowest BCUT2D eigenvalue weighted by atomic mass is 10.0. The molecule has 72 heavy (non-hydrogen) atoms. The van der Waals surface area contributed by atoms with Gasteiger partial charge in [-0.05, 0) is 83.1 Å². The monoisotopic (exact) mass is 1060 g/mol. The van der Waals surface area contributed by atoms with E-state index in [2.05, 4.69) is 71.8 Å². The van der Waals surface area contributed by atoms with Crippen LogP contribution < -0.4 is 11.4 Å². The van der Waals surface area contributed by atoms with Crippen molar-refractivity contribution in [3.05, 3.63) is 95.7 Å². The normalized spacial score (nSPS) is 20.6. The lowest BCUT2D eigenvalue weighted by molar-refractivity contribution is -0.161. The number of aliphatic hydroxyl groups excluding tert-OH is 4. The highest BCUT2D eigenvalue weighted by Crippen LogP contribution is 2.60. The molecule has 1 aromatic rings. The maximum absolute atomic E-state index is 12.9. The smallest absolute Gasteiger partial charge is 0.462 e. The van der Waals surface area contributed by atoms with Crippen molar-refractivity contribution in [2.75, 3.05) is 25.6 Å². The lowest BCUT2D eigenvalue weighted by Crippen LogP contribution is -2.36. The van der Waals surface area contributed by atoms with Crippen LogP contribution in [0.25, 0.3) is 0 Å². The molecule has 1 aliphatic rings. The zero-order chi connectivity index (χ0) is 53.0. The first kappa shape index (κ1) is 64.2. The van der Waals surface area contributed by atoms with Gasteiger partial charge < -0.3 is 50.2 Å². The van der Waals surface area contributed by atoms with Crippen LogP contribution in [0.3, 0.4) is 0 Å². The van der Waals surface area contributed by atoms with Gasteiger partial charge in [0.25, 0.3) is 0 Å². The lowest BCUT2D eigenvalue weighted by Gasteiger charge is -2.22. The van der Waals surface area contributed by atoms with Gasteiger partial charge in [0.05, 0.1) is 25.4 Å². The van der Waals surface area contributed by atoms with Gasteiger partial charge in [-0.15, -0.1) is 0 Å². The van der Waals surface area contributed by atoms with Crippen molar-refractivity contribution in [3.63, 3.8) is 0 Å². The molecule has 1 aromatic heterocycles. The number of nitrogens with two attached hydrogens (primary N) is 1. The van der Waals surface area contributed by atoms with E-state index in [-0.39, 0.29) is 37.9 Å². The average Bonchev–Trinajstić information content (AvgIpc) is 3.61. The number of anilines is 1. The number of carbonyl (C=O) groups is 2. The molecule has 2 rings (SSSR count). The molecule has 22 heteroatoms. The zero-order valence-electron chi connectivity index (χ0n) is 41.9. The van der Waals surface area contributed by atoms with Crippen molar-refractivity contribution < 1.29 is 76.5 Å². The summed E-state index contributed by atoms with van der Waals surface area (Å²) in [7, 11) is -11.0. The molecule has 0 saturated carbocycles. The van der Waals surface area contributed by atoms with Gasteiger partial charge in [-0.1, -0.05) is 125 Å². The fraction of sp³-hybridized carbons (Fsp3) is 0.640. The first-order valence-electron chi connectivity index (χ1n) is 25.1. The Labute approximate surface area is 424 Å². The Balaban J connectivity index is 1.89. The number of phosphoric ester groups is 2. The number of nitrogen functional groups attached to an aromatic ring is 1. The highest BCUT2D eigenvalue weighted by molar-refractivity contribution is 7.61. The molecule has 408 valence electrons. The Hall–Kier alpha value is -3.88. The Morgan fingerprint density at radius 2 is 1.33 bits per heavy atom. The molecular weight excluding hydrogens is 977 g/mol. The molecule has 0 spiro atoms. The third kappa shape index (κ3) is 29.7. The van der Waals surface area contributed by atoms with E-state index in [4.69, 9.17) is 29.0 Å². The molecule has 1 aliphatic heterocycles. The Morgan fingerprint density at radius 1 is 0.750 bits per heavy atom. The second-order valence-corrected chi connectivity index (χ2v) is 20.3. The fourth-order valence-corrected chi connectivity index (χ4v) is 9.09. The zero-order valence-corrected chi connectivity index (χ0v) is 43.7. The van der Waals surface area contributed by atoms with Crippen LogP contribution >= 0.6 is 15.6 Å². The van der Waals surface area contributed by atoms with Gasteiger partial charge in [0.2, 0.25) is 0 Å². The number of hydrogen-bond acceptors (Lipinski definition) is 17. The van der Waals surface area contributed by atoms with Crippen LogP contribution in [0.1, 0.15) is 148 Å². The van der Waals surface area contributed by atoms with Crippen molar-refractivity contribution in [2.45, 2.75) is 185 Å². The molecule has 9 atom stereocenters. The second-order valence-electron chi connectivity index (χ2n) is 17.3. The summed E-state index contributed by atoms with van der Waals surface area (Å²) in [5.74, 6) is -1.63. The summed E-state index contributed by atoms with van der Waals surface area (Å²) in [6, 6.07) is 1.23. The van der Waals surface area contributed by atoms with E-state index < -0.39 is 95.9 Å². The molecular formula is C50H81N3O17P2. The van der Waals surface area contributed by atoms with E-state index in [0.29, 0.717) is 12.8 Å². The molecule has 1 saturated heterocycles. The second kappa shape index (κ2) is 37.8. The predicted molar refractivity (Wildman–Crippen MR) is 273 cm³/mol. The molecule has 20 nitrogen and oxygen atoms in total. The van der Waals surface area contributed by atoms with Crippen LogP contribution in [0.15, 0.2) is 90.0 Å². The van der Waals surface area contributed by atoms with Crippen LogP contribution in [0.2, 0.25) is 0 Å². The third-order valence-electron chi connectivity index (χ3n) is 11.0. The molecule has 0 aromatic carbocycles. The number of phosphoric acid groups is 2. The van der Waals surface area contributed by atoms with E-state index in [1.54, 1.807) is 6.08 Å². The number of unbranched alkanes of at least 4 members (excludes halogenated alkanes) is 9. The summed E-state index contributed by atoms with van der Waals surface area (Å²) < 4.78 is 56.5. The first-order valence-corrected chi connectivity index (χ1v) is 28.1. The Bertz CT molecular complexity index is 2030. The summed E-state index contributed by atoms with van der Waals surface area (Å²) >= 11 is 0. The summed E-state index contributed by atoms with van der Waals surface area (Å²) in [5, 5.41) is 41.8. The van der Waals surface area contributed by atoms with Crippen molar-refractivity contribution in [3.8, 4) is 0 Å². The third-order valence-corrected chi connectivity index (χ3v) is 13.6. The van der Waals surface area contributed by atoms with Crippen molar-refractivity contribution in [2.24, 2.45) is 0 Å². The van der Waals surface area contributed by atoms with Gasteiger partial charge in [-0.25, -0.2) is 13.9 Å². The summed E-state index contributed by atoms with van der Waals surface area (Å²) in [4.78, 5) is 61.9. The number of esters is 2. The van der Waals surface area contributed by atoms with Gasteiger partial charge in [0.1, 0.15) is 30.7 Å². The molecule has 1 fully saturated rings. The molecule has 0 bridgehead atoms. The standard InChI is InChI=1S/C50H81N3O17P2/c1-3-5-7-9-11-13-15-17-18-19-21-23-25-27-29-33-45(56)65-37-40(68-46(57)34-30-32-42(55)41(54)31-28-26-24-22-20-16-14-12-10-8-6-4-2)38-66-71(61,62)70-72(63,64)67-39-43-47(58)48(59)49(69-43)53-36-35-44(51)52-50(53)60/h6,8,12-15,17-18,20,22,26,28,35-36,40-43,47-49,54-55,58-59H,3-5,7,9-11,16,19,21,23-25,27,29-34,37-39H2,1-2H3,(H,61,62)(H,63,64)(H2,51,52,60)/b8-6-,14-12-,15-13-,18-17-,22-20-,28-26-/t40-,41-,42-,43-,47-,48-,49-/m1/s1. The number of aliphatic hydroxyl groups is 4. The highest BCUT2D eigenvalue weighted by Gasteiger charge is 2.46. The Morgan fingerprint density at radius 3 is 1.97 bits per heavy atom. The number of rotatable bonds is 40. The van der Waals surface area contributed by atoms with Crippen LogP contribution in [-0.2, 0) is 46.3 Å². The van der Waals surface area contributed by atoms with Crippen LogP contribution in [-0.4, -0.2) is 108 Å². The minimum Gasteiger partial charge on any atom is -0.462 e. The summed E-state index contributed by atoms with van der Waals surface area (Å²) in [5.41, 5.74) is 4.56. The SMILES string of the molecule is CC/C=C\C/C=C\C/C=C\C/C=C\C[C@@H](O)[C@H](O)CCCC(=O)O[C@H](COC(=O)CCCCCCC/C=C\C=C/CCCCCC)COP(=O)(O)OP(=O)(O)OC[C@H]1O[C@@H](n2ccc(N)nc2=O)[C@H](O)[C@@H]1O. The molecule has 2 heterocycles. The number of ether oxygens (including phenoxy) is 3. The number of nitrogens with zero attached hydrogens (tertiary/aromatic N) is 2. The molecule has 0 radical (unpaired) electrons. The van der Waals surface area contributed by atoms with E-state index in [9.17, 15) is 53.7 Å². The maximum atomic E-state index is 12.9. The van der Waals surface area contributed by atoms with Gasteiger partial charge in [-0.3, -0.25) is 23.2 Å². The number of carbonyl (C=O) groups excluding carboxylic acids is 2. The highest BCUT2D eigenvalue weighted by atomic mass is 31.3. The Kier molecular flexibility index (Phi) is 33.7. The number of aromatic nitrogens is 2. The summed E-state index contributed by atoms with van der Waals surface area (Å²) in [6.07, 6.45) is 30.0. The molecule has 0 aliphatic carbocycles. The van der Waals surface area contributed by atoms with Gasteiger partial charge >= 0.3 is 33.3 Å². The molecule has 8 N–H and O–H groups in total. The summed E-state index contributed by atoms with van der Waals surface area (Å²) in [6.45, 7) is 1.71. The van der Waals surface area contributed by atoms with E-state index >= 15 is 0 Å². The van der Waals surface area contributed by atoms with Crippen LogP contribution in [0.5, 0.6) is 0 Å². The van der Waals surface area contributed by atoms with E-state index in [0.717, 1.165) is 68.6 Å². The first-order chi connectivity index (χ1) is 34.5. The minimum absolute atomic E-state index is 0.0261. The topological polar surface area (TPSA) is 306 Å². The molecule has 0 amide bonds. The van der Waals surface area contributed by atoms with E-state index in [1.807, 2.05) is 18.2 Å². The van der Waals surface area contributed by atoms with Gasteiger partial charge in [-0.2, -0.15) is 9.29 Å². The fourth-order valence-electron chi connectivity index (χ4n) is 6.98. The van der Waals surface area contributed by atoms with Crippen molar-refractivity contribution in [1.82, 2.24) is 9.55 Å².